The third kappa shape index (κ3) is 3.71. The summed E-state index contributed by atoms with van der Waals surface area (Å²) in [7, 11) is 0. The van der Waals surface area contributed by atoms with Crippen molar-refractivity contribution in [1.29, 1.82) is 5.26 Å². The van der Waals surface area contributed by atoms with E-state index in [1.807, 2.05) is 0 Å². The highest BCUT2D eigenvalue weighted by Crippen LogP contribution is 2.33. The van der Waals surface area contributed by atoms with Gasteiger partial charge < -0.3 is 5.32 Å². The normalized spacial score (nSPS) is 10.2. The van der Waals surface area contributed by atoms with Gasteiger partial charge in [0.15, 0.2) is 0 Å². The highest BCUT2D eigenvalue weighted by Gasteiger charge is 2.33. The SMILES string of the molecule is CC#CCCNc1ccc(C#N)c(C(F)(F)F)c1. The lowest BCUT2D eigenvalue weighted by Gasteiger charge is -2.11. The fourth-order valence-corrected chi connectivity index (χ4v) is 1.38. The maximum Gasteiger partial charge on any atom is 0.417 e. The topological polar surface area (TPSA) is 35.8 Å². The number of hydrogen-bond acceptors (Lipinski definition) is 2. The zero-order chi connectivity index (χ0) is 13.6. The summed E-state index contributed by atoms with van der Waals surface area (Å²) in [5.74, 6) is 5.49. The number of nitrogens with one attached hydrogen (secondary N) is 1. The summed E-state index contributed by atoms with van der Waals surface area (Å²) in [4.78, 5) is 0. The molecule has 0 saturated carbocycles. The van der Waals surface area contributed by atoms with Gasteiger partial charge >= 0.3 is 6.18 Å². The van der Waals surface area contributed by atoms with Crippen LogP contribution in [0.25, 0.3) is 0 Å². The van der Waals surface area contributed by atoms with Gasteiger partial charge in [-0.25, -0.2) is 0 Å². The van der Waals surface area contributed by atoms with Gasteiger partial charge in [0.25, 0.3) is 0 Å². The first-order valence-electron chi connectivity index (χ1n) is 5.24. The fourth-order valence-electron chi connectivity index (χ4n) is 1.38. The summed E-state index contributed by atoms with van der Waals surface area (Å²) < 4.78 is 38.0. The molecule has 0 saturated heterocycles. The number of benzene rings is 1. The van der Waals surface area contributed by atoms with E-state index in [9.17, 15) is 13.2 Å². The molecular formula is C13H11F3N2. The summed E-state index contributed by atoms with van der Waals surface area (Å²) >= 11 is 0. The minimum absolute atomic E-state index is 0.333. The van der Waals surface area contributed by atoms with Crippen molar-refractivity contribution >= 4 is 5.69 Å². The van der Waals surface area contributed by atoms with Crippen LogP contribution in [-0.4, -0.2) is 6.54 Å². The second-order valence-corrected chi connectivity index (χ2v) is 3.47. The monoisotopic (exact) mass is 252 g/mol. The number of rotatable bonds is 3. The zero-order valence-corrected chi connectivity index (χ0v) is 9.73. The number of nitrogens with zero attached hydrogens (tertiary/aromatic N) is 1. The van der Waals surface area contributed by atoms with Crippen molar-refractivity contribution in [2.75, 3.05) is 11.9 Å². The molecule has 0 radical (unpaired) electrons. The Balaban J connectivity index is 2.89. The highest BCUT2D eigenvalue weighted by molar-refractivity contribution is 5.53. The van der Waals surface area contributed by atoms with Crippen LogP contribution in [0.3, 0.4) is 0 Å². The predicted molar refractivity (Wildman–Crippen MR) is 62.7 cm³/mol. The molecular weight excluding hydrogens is 241 g/mol. The minimum atomic E-state index is -4.52. The molecule has 2 nitrogen and oxygen atoms in total. The van der Waals surface area contributed by atoms with E-state index >= 15 is 0 Å². The van der Waals surface area contributed by atoms with Gasteiger partial charge in [-0.05, 0) is 25.1 Å². The molecule has 0 bridgehead atoms. The van der Waals surface area contributed by atoms with Crippen LogP contribution in [0, 0.1) is 23.2 Å². The third-order valence-corrected chi connectivity index (χ3v) is 2.20. The van der Waals surface area contributed by atoms with Gasteiger partial charge in [0.05, 0.1) is 17.2 Å². The van der Waals surface area contributed by atoms with E-state index in [4.69, 9.17) is 5.26 Å². The summed E-state index contributed by atoms with van der Waals surface area (Å²) in [5, 5.41) is 11.5. The van der Waals surface area contributed by atoms with E-state index in [1.54, 1.807) is 6.92 Å². The van der Waals surface area contributed by atoms with Crippen molar-refractivity contribution in [3.8, 4) is 17.9 Å². The molecule has 0 aliphatic heterocycles. The van der Waals surface area contributed by atoms with Crippen LogP contribution in [0.15, 0.2) is 18.2 Å². The Hall–Kier alpha value is -2.14. The summed E-state index contributed by atoms with van der Waals surface area (Å²) in [5.41, 5.74) is -0.961. The number of hydrogen-bond donors (Lipinski definition) is 1. The van der Waals surface area contributed by atoms with Gasteiger partial charge in [-0.3, -0.25) is 0 Å². The first-order valence-corrected chi connectivity index (χ1v) is 5.24. The van der Waals surface area contributed by atoms with Crippen LogP contribution in [0.4, 0.5) is 18.9 Å². The summed E-state index contributed by atoms with van der Waals surface area (Å²) in [6.07, 6.45) is -3.97. The minimum Gasteiger partial charge on any atom is -0.384 e. The Labute approximate surface area is 103 Å². The van der Waals surface area contributed by atoms with Crippen molar-refractivity contribution in [3.63, 3.8) is 0 Å². The lowest BCUT2D eigenvalue weighted by molar-refractivity contribution is -0.137. The molecule has 1 aromatic rings. The Bertz CT molecular complexity index is 516. The van der Waals surface area contributed by atoms with Crippen LogP contribution in [0.2, 0.25) is 0 Å². The third-order valence-electron chi connectivity index (χ3n) is 2.20. The molecule has 0 heterocycles. The molecule has 0 fully saturated rings. The molecule has 18 heavy (non-hydrogen) atoms. The zero-order valence-electron chi connectivity index (χ0n) is 9.73. The van der Waals surface area contributed by atoms with Gasteiger partial charge in [0.1, 0.15) is 0 Å². The molecule has 0 spiro atoms. The standard InChI is InChI=1S/C13H11F3N2/c1-2-3-4-7-18-11-6-5-10(9-17)12(8-11)13(14,15)16/h5-6,8,18H,4,7H2,1H3. The Morgan fingerprint density at radius 2 is 2.06 bits per heavy atom. The van der Waals surface area contributed by atoms with E-state index in [2.05, 4.69) is 17.2 Å². The number of alkyl halides is 3. The smallest absolute Gasteiger partial charge is 0.384 e. The second-order valence-electron chi connectivity index (χ2n) is 3.47. The van der Waals surface area contributed by atoms with Gasteiger partial charge in [-0.2, -0.15) is 18.4 Å². The van der Waals surface area contributed by atoms with Crippen molar-refractivity contribution in [1.82, 2.24) is 0 Å². The number of anilines is 1. The number of nitriles is 1. The van der Waals surface area contributed by atoms with Gasteiger partial charge in [0, 0.05) is 18.7 Å². The number of halogens is 3. The lowest BCUT2D eigenvalue weighted by Crippen LogP contribution is -2.09. The van der Waals surface area contributed by atoms with Gasteiger partial charge in [-0.15, -0.1) is 11.8 Å². The first kappa shape index (κ1) is 13.9. The molecule has 94 valence electrons. The van der Waals surface area contributed by atoms with Crippen LogP contribution in [0.5, 0.6) is 0 Å². The molecule has 1 rings (SSSR count). The second kappa shape index (κ2) is 5.97. The Kier molecular flexibility index (Phi) is 4.62. The van der Waals surface area contributed by atoms with Gasteiger partial charge in [0.2, 0.25) is 0 Å². The van der Waals surface area contributed by atoms with Crippen molar-refractivity contribution in [2.24, 2.45) is 0 Å². The maximum absolute atomic E-state index is 12.7. The quantitative estimate of drug-likeness (QED) is 0.661. The van der Waals surface area contributed by atoms with E-state index in [-0.39, 0.29) is 5.56 Å². The van der Waals surface area contributed by atoms with Gasteiger partial charge in [-0.1, -0.05) is 0 Å². The van der Waals surface area contributed by atoms with Crippen molar-refractivity contribution < 1.29 is 13.2 Å². The van der Waals surface area contributed by atoms with Crippen molar-refractivity contribution in [2.45, 2.75) is 19.5 Å². The van der Waals surface area contributed by atoms with Crippen molar-refractivity contribution in [3.05, 3.63) is 29.3 Å². The fraction of sp³-hybridized carbons (Fsp3) is 0.308. The summed E-state index contributed by atoms with van der Waals surface area (Å²) in [6.45, 7) is 2.16. The van der Waals surface area contributed by atoms with E-state index in [1.165, 1.54) is 12.1 Å². The van der Waals surface area contributed by atoms with Crippen LogP contribution in [-0.2, 0) is 6.18 Å². The molecule has 0 aliphatic rings. The molecule has 0 amide bonds. The van der Waals surface area contributed by atoms with Crippen LogP contribution in [0.1, 0.15) is 24.5 Å². The van der Waals surface area contributed by atoms with Crippen LogP contribution >= 0.6 is 0 Å². The largest absolute Gasteiger partial charge is 0.417 e. The van der Waals surface area contributed by atoms with E-state index < -0.39 is 11.7 Å². The van der Waals surface area contributed by atoms with E-state index in [0.29, 0.717) is 18.7 Å². The maximum atomic E-state index is 12.7. The predicted octanol–water partition coefficient (Wildman–Crippen LogP) is 3.40. The van der Waals surface area contributed by atoms with E-state index in [0.717, 1.165) is 12.1 Å². The molecule has 0 unspecified atom stereocenters. The Morgan fingerprint density at radius 3 is 2.61 bits per heavy atom. The molecule has 0 atom stereocenters. The average Bonchev–Trinajstić information content (AvgIpc) is 2.33. The molecule has 0 aliphatic carbocycles. The summed E-state index contributed by atoms with van der Waals surface area (Å²) in [6, 6.07) is 5.09. The van der Waals surface area contributed by atoms with Crippen LogP contribution < -0.4 is 5.32 Å². The first-order chi connectivity index (χ1) is 8.49. The molecule has 5 heteroatoms. The highest BCUT2D eigenvalue weighted by atomic mass is 19.4. The lowest BCUT2D eigenvalue weighted by atomic mass is 10.1. The average molecular weight is 252 g/mol. The molecule has 1 aromatic carbocycles. The molecule has 1 N–H and O–H groups in total. The molecule has 0 aromatic heterocycles. The Morgan fingerprint density at radius 1 is 1.33 bits per heavy atom.